The number of anilines is 1. The second-order valence-corrected chi connectivity index (χ2v) is 6.42. The number of aryl methyl sites for hydroxylation is 3. The molecule has 0 saturated carbocycles. The van der Waals surface area contributed by atoms with Gasteiger partial charge in [0.15, 0.2) is 0 Å². The normalized spacial score (nSPS) is 13.9. The van der Waals surface area contributed by atoms with Crippen LogP contribution < -0.4 is 10.5 Å². The van der Waals surface area contributed by atoms with Crippen molar-refractivity contribution in [1.82, 2.24) is 9.55 Å². The molecule has 0 bridgehead atoms. The van der Waals surface area contributed by atoms with Crippen molar-refractivity contribution >= 4 is 22.7 Å². The van der Waals surface area contributed by atoms with Crippen LogP contribution in [-0.2, 0) is 17.8 Å². The lowest BCUT2D eigenvalue weighted by atomic mass is 10.0. The molecular weight excluding hydrogens is 318 g/mol. The summed E-state index contributed by atoms with van der Waals surface area (Å²) in [4.78, 5) is 31.5. The molecule has 1 aliphatic heterocycles. The lowest BCUT2D eigenvalue weighted by Crippen LogP contribution is -2.39. The minimum Gasteiger partial charge on any atom is -0.443 e. The quantitative estimate of drug-likeness (QED) is 0.721. The molecule has 6 nitrogen and oxygen atoms in total. The van der Waals surface area contributed by atoms with Crippen LogP contribution in [0.25, 0.3) is 11.1 Å². The summed E-state index contributed by atoms with van der Waals surface area (Å²) in [5, 5.41) is 0.451. The predicted octanol–water partition coefficient (Wildman–Crippen LogP) is 2.59. The predicted molar refractivity (Wildman–Crippen MR) is 94.9 cm³/mol. The SMILES string of the molecule is Cc1oc2ncn(CC(=O)N3CCCc4ccccc43)c(=O)c2c1C. The second kappa shape index (κ2) is 5.88. The Labute approximate surface area is 144 Å². The van der Waals surface area contributed by atoms with Gasteiger partial charge in [0.2, 0.25) is 11.6 Å². The van der Waals surface area contributed by atoms with Crippen molar-refractivity contribution in [2.45, 2.75) is 33.2 Å². The van der Waals surface area contributed by atoms with Crippen molar-refractivity contribution in [3.8, 4) is 0 Å². The summed E-state index contributed by atoms with van der Waals surface area (Å²) in [7, 11) is 0. The fraction of sp³-hybridized carbons (Fsp3) is 0.316. The summed E-state index contributed by atoms with van der Waals surface area (Å²) in [5.41, 5.74) is 2.98. The monoisotopic (exact) mass is 337 g/mol. The zero-order valence-electron chi connectivity index (χ0n) is 14.3. The molecule has 0 radical (unpaired) electrons. The van der Waals surface area contributed by atoms with Gasteiger partial charge in [0.05, 0.1) is 0 Å². The van der Waals surface area contributed by atoms with Crippen LogP contribution in [0.4, 0.5) is 5.69 Å². The molecule has 3 heterocycles. The fourth-order valence-corrected chi connectivity index (χ4v) is 3.41. The third-order valence-electron chi connectivity index (χ3n) is 4.87. The maximum absolute atomic E-state index is 12.8. The Balaban J connectivity index is 1.68. The zero-order chi connectivity index (χ0) is 17.6. The summed E-state index contributed by atoms with van der Waals surface area (Å²) < 4.78 is 6.85. The Morgan fingerprint density at radius 1 is 1.28 bits per heavy atom. The number of amides is 1. The summed E-state index contributed by atoms with van der Waals surface area (Å²) in [5.74, 6) is 0.571. The zero-order valence-corrected chi connectivity index (χ0v) is 14.3. The summed E-state index contributed by atoms with van der Waals surface area (Å²) in [6, 6.07) is 7.92. The summed E-state index contributed by atoms with van der Waals surface area (Å²) >= 11 is 0. The standard InChI is InChI=1S/C19H19N3O3/c1-12-13(2)25-18-17(12)19(24)21(11-20-18)10-16(23)22-9-5-7-14-6-3-4-8-15(14)22/h3-4,6,8,11H,5,7,9-10H2,1-2H3. The van der Waals surface area contributed by atoms with E-state index in [1.807, 2.05) is 31.2 Å². The molecule has 6 heteroatoms. The molecule has 2 aromatic heterocycles. The molecule has 0 saturated heterocycles. The molecule has 128 valence electrons. The van der Waals surface area contributed by atoms with Crippen LogP contribution in [0, 0.1) is 13.8 Å². The average Bonchev–Trinajstić information content (AvgIpc) is 2.92. The number of hydrogen-bond donors (Lipinski definition) is 0. The molecule has 0 spiro atoms. The van der Waals surface area contributed by atoms with E-state index in [0.29, 0.717) is 23.4 Å². The van der Waals surface area contributed by atoms with Gasteiger partial charge in [0.25, 0.3) is 5.56 Å². The number of nitrogens with zero attached hydrogens (tertiary/aromatic N) is 3. The Morgan fingerprint density at radius 3 is 2.92 bits per heavy atom. The number of carbonyl (C=O) groups is 1. The molecule has 0 atom stereocenters. The second-order valence-electron chi connectivity index (χ2n) is 6.42. The van der Waals surface area contributed by atoms with Gasteiger partial charge < -0.3 is 9.32 Å². The topological polar surface area (TPSA) is 68.3 Å². The van der Waals surface area contributed by atoms with Crippen molar-refractivity contribution in [1.29, 1.82) is 0 Å². The van der Waals surface area contributed by atoms with E-state index >= 15 is 0 Å². The number of rotatable bonds is 2. The van der Waals surface area contributed by atoms with E-state index < -0.39 is 0 Å². The summed E-state index contributed by atoms with van der Waals surface area (Å²) in [6.07, 6.45) is 3.29. The number of para-hydroxylation sites is 1. The molecule has 3 aromatic rings. The van der Waals surface area contributed by atoms with Gasteiger partial charge in [-0.3, -0.25) is 14.2 Å². The Bertz CT molecular complexity index is 1030. The van der Waals surface area contributed by atoms with Gasteiger partial charge in [0, 0.05) is 17.8 Å². The first-order chi connectivity index (χ1) is 12.1. The largest absolute Gasteiger partial charge is 0.443 e. The highest BCUT2D eigenvalue weighted by Crippen LogP contribution is 2.27. The maximum Gasteiger partial charge on any atom is 0.265 e. The number of aromatic nitrogens is 2. The van der Waals surface area contributed by atoms with Crippen LogP contribution >= 0.6 is 0 Å². The number of fused-ring (bicyclic) bond motifs is 2. The highest BCUT2D eigenvalue weighted by Gasteiger charge is 2.23. The first-order valence-corrected chi connectivity index (χ1v) is 8.39. The van der Waals surface area contributed by atoms with Gasteiger partial charge in [-0.1, -0.05) is 18.2 Å². The van der Waals surface area contributed by atoms with Crippen molar-refractivity contribution in [3.63, 3.8) is 0 Å². The van der Waals surface area contributed by atoms with Crippen LogP contribution in [-0.4, -0.2) is 22.0 Å². The fourth-order valence-electron chi connectivity index (χ4n) is 3.41. The third kappa shape index (κ3) is 2.54. The van der Waals surface area contributed by atoms with Gasteiger partial charge in [0.1, 0.15) is 24.0 Å². The highest BCUT2D eigenvalue weighted by molar-refractivity contribution is 5.94. The van der Waals surface area contributed by atoms with Crippen molar-refractivity contribution in [2.75, 3.05) is 11.4 Å². The minimum atomic E-state index is -0.238. The van der Waals surface area contributed by atoms with E-state index in [2.05, 4.69) is 4.98 Å². The van der Waals surface area contributed by atoms with Gasteiger partial charge in [-0.25, -0.2) is 4.98 Å². The van der Waals surface area contributed by atoms with E-state index in [4.69, 9.17) is 4.42 Å². The number of benzene rings is 1. The van der Waals surface area contributed by atoms with E-state index in [1.54, 1.807) is 11.8 Å². The third-order valence-corrected chi connectivity index (χ3v) is 4.87. The summed E-state index contributed by atoms with van der Waals surface area (Å²) in [6.45, 7) is 4.28. The van der Waals surface area contributed by atoms with Crippen LogP contribution in [0.3, 0.4) is 0 Å². The molecule has 0 fully saturated rings. The Kier molecular flexibility index (Phi) is 3.67. The van der Waals surface area contributed by atoms with Crippen LogP contribution in [0.5, 0.6) is 0 Å². The molecular formula is C19H19N3O3. The Hall–Kier alpha value is -2.89. The van der Waals surface area contributed by atoms with Gasteiger partial charge >= 0.3 is 0 Å². The van der Waals surface area contributed by atoms with E-state index in [1.165, 1.54) is 16.5 Å². The lowest BCUT2D eigenvalue weighted by Gasteiger charge is -2.29. The number of carbonyl (C=O) groups excluding carboxylic acids is 1. The molecule has 0 N–H and O–H groups in total. The van der Waals surface area contributed by atoms with E-state index in [0.717, 1.165) is 24.1 Å². The van der Waals surface area contributed by atoms with Crippen LogP contribution in [0.2, 0.25) is 0 Å². The van der Waals surface area contributed by atoms with Crippen molar-refractivity contribution in [2.24, 2.45) is 0 Å². The first kappa shape index (κ1) is 15.6. The average molecular weight is 337 g/mol. The first-order valence-electron chi connectivity index (χ1n) is 8.39. The van der Waals surface area contributed by atoms with E-state index in [-0.39, 0.29) is 18.0 Å². The molecule has 0 unspecified atom stereocenters. The molecule has 25 heavy (non-hydrogen) atoms. The molecule has 4 rings (SSSR count). The molecule has 1 aromatic carbocycles. The molecule has 1 amide bonds. The smallest absolute Gasteiger partial charge is 0.265 e. The van der Waals surface area contributed by atoms with Crippen LogP contribution in [0.15, 0.2) is 39.8 Å². The molecule has 1 aliphatic rings. The van der Waals surface area contributed by atoms with Gasteiger partial charge in [-0.15, -0.1) is 0 Å². The van der Waals surface area contributed by atoms with Gasteiger partial charge in [-0.2, -0.15) is 0 Å². The number of hydrogen-bond acceptors (Lipinski definition) is 4. The van der Waals surface area contributed by atoms with Crippen molar-refractivity contribution < 1.29 is 9.21 Å². The maximum atomic E-state index is 12.8. The Morgan fingerprint density at radius 2 is 2.08 bits per heavy atom. The van der Waals surface area contributed by atoms with Crippen LogP contribution in [0.1, 0.15) is 23.3 Å². The number of furan rings is 1. The molecule has 0 aliphatic carbocycles. The van der Waals surface area contributed by atoms with Gasteiger partial charge in [-0.05, 0) is 38.3 Å². The van der Waals surface area contributed by atoms with E-state index in [9.17, 15) is 9.59 Å². The lowest BCUT2D eigenvalue weighted by molar-refractivity contribution is -0.119. The minimum absolute atomic E-state index is 0.0280. The highest BCUT2D eigenvalue weighted by atomic mass is 16.3. The van der Waals surface area contributed by atoms with Crippen molar-refractivity contribution in [3.05, 3.63) is 57.8 Å².